The monoisotopic (exact) mass is 425 g/mol. The van der Waals surface area contributed by atoms with E-state index in [0.29, 0.717) is 11.3 Å². The number of fused-ring (bicyclic) bond motifs is 1. The lowest BCUT2D eigenvalue weighted by molar-refractivity contribution is -0.117. The molecule has 160 valence electrons. The first-order valence-corrected chi connectivity index (χ1v) is 10.2. The highest BCUT2D eigenvalue weighted by Crippen LogP contribution is 2.21. The van der Waals surface area contributed by atoms with Gasteiger partial charge >= 0.3 is 0 Å². The maximum absolute atomic E-state index is 13.1. The average molecular weight is 425 g/mol. The van der Waals surface area contributed by atoms with Gasteiger partial charge in [0, 0.05) is 40.3 Å². The predicted octanol–water partition coefficient (Wildman–Crippen LogP) is 4.26. The third-order valence-electron chi connectivity index (χ3n) is 5.08. The highest BCUT2D eigenvalue weighted by molar-refractivity contribution is 6.06. The van der Waals surface area contributed by atoms with E-state index in [2.05, 4.69) is 15.6 Å². The Balaban J connectivity index is 1.62. The molecule has 0 unspecified atom stereocenters. The molecule has 4 rings (SSSR count). The second-order valence-corrected chi connectivity index (χ2v) is 7.16. The standard InChI is InChI=1S/C26H23N3O3/c1-32-24-14-8-5-11-19(24)16-28-26(31)23(29-25(30)18-9-3-2-4-10-18)15-20-17-27-22-13-7-6-12-21(20)22/h2-15,17,27H,16H2,1H3,(H,28,31)(H,29,30)/b23-15+. The summed E-state index contributed by atoms with van der Waals surface area (Å²) in [5.41, 5.74) is 3.20. The molecule has 0 fully saturated rings. The van der Waals surface area contributed by atoms with E-state index in [9.17, 15) is 9.59 Å². The molecule has 32 heavy (non-hydrogen) atoms. The third kappa shape index (κ3) is 4.70. The minimum atomic E-state index is -0.398. The number of nitrogens with one attached hydrogen (secondary N) is 3. The maximum atomic E-state index is 13.1. The van der Waals surface area contributed by atoms with Crippen LogP contribution in [0.3, 0.4) is 0 Å². The van der Waals surface area contributed by atoms with Gasteiger partial charge in [-0.15, -0.1) is 0 Å². The lowest BCUT2D eigenvalue weighted by Crippen LogP contribution is -2.34. The van der Waals surface area contributed by atoms with Crippen LogP contribution < -0.4 is 15.4 Å². The number of benzene rings is 3. The van der Waals surface area contributed by atoms with Crippen LogP contribution in [0.4, 0.5) is 0 Å². The van der Waals surface area contributed by atoms with Crippen molar-refractivity contribution in [3.8, 4) is 5.75 Å². The quantitative estimate of drug-likeness (QED) is 0.387. The number of aromatic amines is 1. The number of para-hydroxylation sites is 2. The van der Waals surface area contributed by atoms with Gasteiger partial charge in [-0.3, -0.25) is 9.59 Å². The van der Waals surface area contributed by atoms with Crippen LogP contribution >= 0.6 is 0 Å². The van der Waals surface area contributed by atoms with Gasteiger partial charge in [-0.1, -0.05) is 54.6 Å². The van der Waals surface area contributed by atoms with Crippen LogP contribution in [-0.4, -0.2) is 23.9 Å². The molecule has 0 aliphatic carbocycles. The van der Waals surface area contributed by atoms with Gasteiger partial charge in [0.2, 0.25) is 0 Å². The fourth-order valence-corrected chi connectivity index (χ4v) is 3.43. The van der Waals surface area contributed by atoms with E-state index in [-0.39, 0.29) is 18.1 Å². The molecule has 0 saturated carbocycles. The first-order chi connectivity index (χ1) is 15.7. The summed E-state index contributed by atoms with van der Waals surface area (Å²) in [6, 6.07) is 24.0. The molecule has 0 aliphatic rings. The lowest BCUT2D eigenvalue weighted by Gasteiger charge is -2.13. The van der Waals surface area contributed by atoms with Gasteiger partial charge in [-0.2, -0.15) is 0 Å². The molecule has 0 saturated heterocycles. The fraction of sp³-hybridized carbons (Fsp3) is 0.0769. The first kappa shape index (κ1) is 20.9. The number of H-pyrrole nitrogens is 1. The zero-order valence-corrected chi connectivity index (χ0v) is 17.6. The number of aromatic nitrogens is 1. The molecule has 0 aliphatic heterocycles. The van der Waals surface area contributed by atoms with Gasteiger partial charge in [-0.25, -0.2) is 0 Å². The molecular formula is C26H23N3O3. The van der Waals surface area contributed by atoms with Crippen LogP contribution in [0.5, 0.6) is 5.75 Å². The Hall–Kier alpha value is -4.32. The Bertz CT molecular complexity index is 1280. The molecule has 4 aromatic rings. The lowest BCUT2D eigenvalue weighted by atomic mass is 10.1. The van der Waals surface area contributed by atoms with Crippen molar-refractivity contribution in [1.29, 1.82) is 0 Å². The van der Waals surface area contributed by atoms with Crippen LogP contribution in [0.25, 0.3) is 17.0 Å². The summed E-state index contributed by atoms with van der Waals surface area (Å²) in [7, 11) is 1.59. The first-order valence-electron chi connectivity index (χ1n) is 10.2. The van der Waals surface area contributed by atoms with Crippen molar-refractivity contribution in [1.82, 2.24) is 15.6 Å². The number of hydrogen-bond donors (Lipinski definition) is 3. The number of amides is 2. The van der Waals surface area contributed by atoms with Gasteiger partial charge in [0.15, 0.2) is 0 Å². The molecule has 3 aromatic carbocycles. The van der Waals surface area contributed by atoms with Crippen molar-refractivity contribution < 1.29 is 14.3 Å². The Morgan fingerprint density at radius 2 is 1.66 bits per heavy atom. The second-order valence-electron chi connectivity index (χ2n) is 7.16. The van der Waals surface area contributed by atoms with Gasteiger partial charge < -0.3 is 20.4 Å². The predicted molar refractivity (Wildman–Crippen MR) is 125 cm³/mol. The number of methoxy groups -OCH3 is 1. The summed E-state index contributed by atoms with van der Waals surface area (Å²) in [6.07, 6.45) is 3.49. The van der Waals surface area contributed by atoms with E-state index >= 15 is 0 Å². The van der Waals surface area contributed by atoms with Gasteiger partial charge in [0.25, 0.3) is 11.8 Å². The minimum absolute atomic E-state index is 0.151. The molecular weight excluding hydrogens is 402 g/mol. The summed E-state index contributed by atoms with van der Waals surface area (Å²) in [5.74, 6) is -0.0714. The fourth-order valence-electron chi connectivity index (χ4n) is 3.43. The average Bonchev–Trinajstić information content (AvgIpc) is 3.25. The van der Waals surface area contributed by atoms with Crippen LogP contribution in [0.2, 0.25) is 0 Å². The number of carbonyl (C=O) groups is 2. The Morgan fingerprint density at radius 3 is 2.47 bits per heavy atom. The van der Waals surface area contributed by atoms with Crippen LogP contribution in [0, 0.1) is 0 Å². The number of carbonyl (C=O) groups excluding carboxylic acids is 2. The topological polar surface area (TPSA) is 83.2 Å². The Kier molecular flexibility index (Phi) is 6.32. The number of rotatable bonds is 7. The summed E-state index contributed by atoms with van der Waals surface area (Å²) >= 11 is 0. The second kappa shape index (κ2) is 9.66. The van der Waals surface area contributed by atoms with Crippen molar-refractivity contribution in [2.24, 2.45) is 0 Å². The molecule has 2 amide bonds. The molecule has 1 aromatic heterocycles. The normalized spacial score (nSPS) is 11.2. The van der Waals surface area contributed by atoms with Crippen molar-refractivity contribution in [2.45, 2.75) is 6.54 Å². The van der Waals surface area contributed by atoms with E-state index in [0.717, 1.165) is 22.0 Å². The Labute approximate surface area is 185 Å². The molecule has 0 atom stereocenters. The van der Waals surface area contributed by atoms with Crippen LogP contribution in [0.1, 0.15) is 21.5 Å². The maximum Gasteiger partial charge on any atom is 0.268 e. The van der Waals surface area contributed by atoms with Crippen molar-refractivity contribution in [3.63, 3.8) is 0 Å². The third-order valence-corrected chi connectivity index (χ3v) is 5.08. The van der Waals surface area contributed by atoms with Gasteiger partial charge in [0.1, 0.15) is 11.4 Å². The summed E-state index contributed by atoms with van der Waals surface area (Å²) < 4.78 is 5.35. The van der Waals surface area contributed by atoms with Crippen LogP contribution in [-0.2, 0) is 11.3 Å². The number of hydrogen-bond acceptors (Lipinski definition) is 3. The highest BCUT2D eigenvalue weighted by atomic mass is 16.5. The molecule has 3 N–H and O–H groups in total. The molecule has 6 heteroatoms. The smallest absolute Gasteiger partial charge is 0.268 e. The van der Waals surface area contributed by atoms with E-state index in [4.69, 9.17) is 4.74 Å². The minimum Gasteiger partial charge on any atom is -0.496 e. The Morgan fingerprint density at radius 1 is 0.938 bits per heavy atom. The zero-order chi connectivity index (χ0) is 22.3. The van der Waals surface area contributed by atoms with E-state index in [1.807, 2.05) is 60.8 Å². The van der Waals surface area contributed by atoms with Gasteiger partial charge in [0.05, 0.1) is 7.11 Å². The summed E-state index contributed by atoms with van der Waals surface area (Å²) in [6.45, 7) is 0.259. The zero-order valence-electron chi connectivity index (χ0n) is 17.6. The van der Waals surface area contributed by atoms with Gasteiger partial charge in [-0.05, 0) is 30.3 Å². The molecule has 0 spiro atoms. The summed E-state index contributed by atoms with van der Waals surface area (Å²) in [4.78, 5) is 29.1. The van der Waals surface area contributed by atoms with E-state index in [1.54, 1.807) is 37.5 Å². The molecule has 0 bridgehead atoms. The summed E-state index contributed by atoms with van der Waals surface area (Å²) in [5, 5.41) is 6.60. The number of ether oxygens (including phenoxy) is 1. The molecule has 6 nitrogen and oxygen atoms in total. The van der Waals surface area contributed by atoms with Crippen molar-refractivity contribution in [2.75, 3.05) is 7.11 Å². The largest absolute Gasteiger partial charge is 0.496 e. The van der Waals surface area contributed by atoms with Crippen molar-refractivity contribution in [3.05, 3.63) is 107 Å². The molecule has 0 radical (unpaired) electrons. The van der Waals surface area contributed by atoms with E-state index < -0.39 is 5.91 Å². The highest BCUT2D eigenvalue weighted by Gasteiger charge is 2.16. The van der Waals surface area contributed by atoms with E-state index in [1.165, 1.54) is 0 Å². The SMILES string of the molecule is COc1ccccc1CNC(=O)/C(=C\c1c[nH]c2ccccc12)NC(=O)c1ccccc1. The van der Waals surface area contributed by atoms with Crippen LogP contribution in [0.15, 0.2) is 90.8 Å². The van der Waals surface area contributed by atoms with Crippen molar-refractivity contribution >= 4 is 28.8 Å². The molecule has 1 heterocycles.